The molecule has 0 atom stereocenters. The molecule has 0 aromatic heterocycles. The first kappa shape index (κ1) is 14.2. The van der Waals surface area contributed by atoms with Gasteiger partial charge in [-0.15, -0.1) is 0 Å². The molecule has 3 N–H and O–H groups in total. The van der Waals surface area contributed by atoms with E-state index in [0.717, 1.165) is 18.9 Å². The minimum atomic E-state index is -3.06. The van der Waals surface area contributed by atoms with Gasteiger partial charge in [-0.25, -0.2) is 4.39 Å². The quantitative estimate of drug-likeness (QED) is 0.790. The zero-order valence-electron chi connectivity index (χ0n) is 10.4. The van der Waals surface area contributed by atoms with Crippen LogP contribution in [0.2, 0.25) is 0 Å². The lowest BCUT2D eigenvalue weighted by molar-refractivity contribution is -0.0521. The first-order chi connectivity index (χ1) is 8.96. The number of hydrogen-bond acceptors (Lipinski definition) is 4. The number of rotatable bonds is 6. The molecular formula is C12H15F3N2OS. The first-order valence-electron chi connectivity index (χ1n) is 5.79. The van der Waals surface area contributed by atoms with Crippen LogP contribution in [0.5, 0.6) is 5.75 Å². The van der Waals surface area contributed by atoms with E-state index < -0.39 is 18.2 Å². The number of halogens is 3. The van der Waals surface area contributed by atoms with Crippen molar-refractivity contribution in [2.45, 2.75) is 24.2 Å². The molecule has 0 heterocycles. The van der Waals surface area contributed by atoms with Crippen molar-refractivity contribution in [3.8, 4) is 5.75 Å². The molecule has 1 aliphatic carbocycles. The van der Waals surface area contributed by atoms with Crippen LogP contribution in [-0.2, 0) is 0 Å². The van der Waals surface area contributed by atoms with E-state index >= 15 is 0 Å². The van der Waals surface area contributed by atoms with Crippen LogP contribution in [0.1, 0.15) is 12.8 Å². The number of alkyl halides is 2. The lowest BCUT2D eigenvalue weighted by atomic mass is 10.2. The van der Waals surface area contributed by atoms with Gasteiger partial charge in [0.2, 0.25) is 0 Å². The number of thioether (sulfide) groups is 1. The maximum absolute atomic E-state index is 13.4. The fraction of sp³-hybridized carbons (Fsp3) is 0.500. The number of ether oxygens (including phenoxy) is 1. The molecule has 0 spiro atoms. The predicted molar refractivity (Wildman–Crippen MR) is 71.4 cm³/mol. The molecule has 1 saturated carbocycles. The van der Waals surface area contributed by atoms with E-state index in [4.69, 9.17) is 5.73 Å². The predicted octanol–water partition coefficient (Wildman–Crippen LogP) is 3.32. The Morgan fingerprint density at radius 2 is 2.16 bits per heavy atom. The Balaban J connectivity index is 2.10. The second-order valence-electron chi connectivity index (χ2n) is 4.49. The standard InChI is InChI=1S/C12H15F3N2OS/c1-19-12(2-3-12)6-17-9-5-10(18-11(14)15)7(13)4-8(9)16/h4-5,11,17H,2-3,6,16H2,1H3. The lowest BCUT2D eigenvalue weighted by Crippen LogP contribution is -2.18. The fourth-order valence-electron chi connectivity index (χ4n) is 1.76. The largest absolute Gasteiger partial charge is 0.432 e. The Labute approximate surface area is 113 Å². The maximum atomic E-state index is 13.4. The summed E-state index contributed by atoms with van der Waals surface area (Å²) >= 11 is 1.75. The van der Waals surface area contributed by atoms with Crippen molar-refractivity contribution in [1.82, 2.24) is 0 Å². The summed E-state index contributed by atoms with van der Waals surface area (Å²) in [5.74, 6) is -1.39. The van der Waals surface area contributed by atoms with Crippen LogP contribution in [0.4, 0.5) is 24.5 Å². The normalized spacial score (nSPS) is 16.5. The second kappa shape index (κ2) is 5.40. The molecule has 1 aromatic rings. The van der Waals surface area contributed by atoms with Gasteiger partial charge in [0, 0.05) is 23.4 Å². The average molecular weight is 292 g/mol. The lowest BCUT2D eigenvalue weighted by Gasteiger charge is -2.17. The van der Waals surface area contributed by atoms with Crippen LogP contribution in [0.3, 0.4) is 0 Å². The van der Waals surface area contributed by atoms with Crippen molar-refractivity contribution in [2.75, 3.05) is 23.9 Å². The summed E-state index contributed by atoms with van der Waals surface area (Å²) in [6.45, 7) is -2.40. The molecule has 0 bridgehead atoms. The van der Waals surface area contributed by atoms with Crippen molar-refractivity contribution in [3.05, 3.63) is 17.9 Å². The monoisotopic (exact) mass is 292 g/mol. The first-order valence-corrected chi connectivity index (χ1v) is 7.01. The van der Waals surface area contributed by atoms with Gasteiger partial charge in [-0.3, -0.25) is 0 Å². The van der Waals surface area contributed by atoms with Crippen LogP contribution < -0.4 is 15.8 Å². The van der Waals surface area contributed by atoms with E-state index in [1.54, 1.807) is 11.8 Å². The maximum Gasteiger partial charge on any atom is 0.387 e. The average Bonchev–Trinajstić information content (AvgIpc) is 3.11. The smallest absolute Gasteiger partial charge is 0.387 e. The van der Waals surface area contributed by atoms with Gasteiger partial charge in [0.05, 0.1) is 11.4 Å². The molecule has 0 amide bonds. The topological polar surface area (TPSA) is 47.3 Å². The van der Waals surface area contributed by atoms with Crippen LogP contribution in [0, 0.1) is 5.82 Å². The summed E-state index contributed by atoms with van der Waals surface area (Å²) < 4.78 is 41.9. The zero-order valence-corrected chi connectivity index (χ0v) is 11.2. The molecule has 0 radical (unpaired) electrons. The van der Waals surface area contributed by atoms with Crippen molar-refractivity contribution in [1.29, 1.82) is 0 Å². The molecule has 1 aliphatic rings. The highest BCUT2D eigenvalue weighted by Crippen LogP contribution is 2.47. The van der Waals surface area contributed by atoms with Crippen LogP contribution in [0.15, 0.2) is 12.1 Å². The summed E-state index contributed by atoms with van der Waals surface area (Å²) in [6, 6.07) is 2.16. The van der Waals surface area contributed by atoms with Crippen molar-refractivity contribution >= 4 is 23.1 Å². The molecule has 1 aromatic carbocycles. The Morgan fingerprint density at radius 3 is 2.68 bits per heavy atom. The number of nitrogens with two attached hydrogens (primary N) is 1. The molecule has 7 heteroatoms. The summed E-state index contributed by atoms with van der Waals surface area (Å²) in [5.41, 5.74) is 6.25. The summed E-state index contributed by atoms with van der Waals surface area (Å²) in [4.78, 5) is 0. The van der Waals surface area contributed by atoms with Gasteiger partial charge in [0.1, 0.15) is 0 Å². The Morgan fingerprint density at radius 1 is 1.47 bits per heavy atom. The van der Waals surface area contributed by atoms with Gasteiger partial charge in [-0.2, -0.15) is 20.5 Å². The molecule has 1 fully saturated rings. The molecular weight excluding hydrogens is 277 g/mol. The third-order valence-electron chi connectivity index (χ3n) is 3.16. The van der Waals surface area contributed by atoms with Crippen molar-refractivity contribution < 1.29 is 17.9 Å². The van der Waals surface area contributed by atoms with Gasteiger partial charge in [-0.05, 0) is 19.1 Å². The van der Waals surface area contributed by atoms with E-state index in [1.165, 1.54) is 6.07 Å². The third-order valence-corrected chi connectivity index (χ3v) is 4.58. The Hall–Kier alpha value is -1.24. The SMILES string of the molecule is CSC1(CNc2cc(OC(F)F)c(F)cc2N)CC1. The number of hydrogen-bond donors (Lipinski definition) is 2. The van der Waals surface area contributed by atoms with E-state index in [-0.39, 0.29) is 10.4 Å². The van der Waals surface area contributed by atoms with Crippen molar-refractivity contribution in [2.24, 2.45) is 0 Å². The fourth-order valence-corrected chi connectivity index (χ4v) is 2.48. The number of benzene rings is 1. The molecule has 0 unspecified atom stereocenters. The van der Waals surface area contributed by atoms with Crippen LogP contribution >= 0.6 is 11.8 Å². The zero-order chi connectivity index (χ0) is 14.0. The highest BCUT2D eigenvalue weighted by molar-refractivity contribution is 8.00. The van der Waals surface area contributed by atoms with Gasteiger partial charge >= 0.3 is 6.61 Å². The van der Waals surface area contributed by atoms with Crippen molar-refractivity contribution in [3.63, 3.8) is 0 Å². The Bertz CT molecular complexity index is 467. The number of nitrogen functional groups attached to an aromatic ring is 1. The third kappa shape index (κ3) is 3.40. The molecule has 3 nitrogen and oxygen atoms in total. The van der Waals surface area contributed by atoms with Gasteiger partial charge in [0.25, 0.3) is 0 Å². The van der Waals surface area contributed by atoms with Gasteiger partial charge in [-0.1, -0.05) is 0 Å². The number of anilines is 2. The summed E-state index contributed by atoms with van der Waals surface area (Å²) in [7, 11) is 0. The molecule has 0 aliphatic heterocycles. The van der Waals surface area contributed by atoms with Gasteiger partial charge in [0.15, 0.2) is 11.6 Å². The highest BCUT2D eigenvalue weighted by Gasteiger charge is 2.41. The van der Waals surface area contributed by atoms with E-state index in [2.05, 4.69) is 10.1 Å². The molecule has 19 heavy (non-hydrogen) atoms. The van der Waals surface area contributed by atoms with E-state index in [0.29, 0.717) is 12.2 Å². The summed E-state index contributed by atoms with van der Waals surface area (Å²) in [5, 5.41) is 3.07. The number of nitrogens with one attached hydrogen (secondary N) is 1. The molecule has 0 saturated heterocycles. The molecule has 2 rings (SSSR count). The van der Waals surface area contributed by atoms with Crippen LogP contribution in [-0.4, -0.2) is 24.2 Å². The second-order valence-corrected chi connectivity index (χ2v) is 5.76. The van der Waals surface area contributed by atoms with E-state index in [1.807, 2.05) is 6.26 Å². The molecule has 106 valence electrons. The van der Waals surface area contributed by atoms with Crippen LogP contribution in [0.25, 0.3) is 0 Å². The highest BCUT2D eigenvalue weighted by atomic mass is 32.2. The van der Waals surface area contributed by atoms with E-state index in [9.17, 15) is 13.2 Å². The van der Waals surface area contributed by atoms with Gasteiger partial charge < -0.3 is 15.8 Å². The Kier molecular flexibility index (Phi) is 4.03. The minimum Gasteiger partial charge on any atom is -0.432 e. The summed E-state index contributed by atoms with van der Waals surface area (Å²) in [6.07, 6.45) is 4.22. The minimum absolute atomic E-state index is 0.177.